The number of aromatic nitrogens is 2. The minimum absolute atomic E-state index is 0.0488. The number of benzene rings is 2. The second kappa shape index (κ2) is 7.38. The van der Waals surface area contributed by atoms with Crippen molar-refractivity contribution in [3.8, 4) is 22.9 Å². The Morgan fingerprint density at radius 2 is 2.00 bits per heavy atom. The molecule has 140 valence electrons. The van der Waals surface area contributed by atoms with Crippen LogP contribution in [0.2, 0.25) is 0 Å². The van der Waals surface area contributed by atoms with Crippen molar-refractivity contribution in [2.75, 3.05) is 20.3 Å². The number of rotatable bonds is 6. The Balaban J connectivity index is 1.51. The van der Waals surface area contributed by atoms with E-state index < -0.39 is 5.54 Å². The van der Waals surface area contributed by atoms with Crippen molar-refractivity contribution in [1.82, 2.24) is 15.5 Å². The first kappa shape index (κ1) is 17.5. The maximum atomic E-state index is 10.1. The summed E-state index contributed by atoms with van der Waals surface area (Å²) in [7, 11) is 1.62. The number of methoxy groups -OCH3 is 1. The smallest absolute Gasteiger partial charge is 0.240 e. The third kappa shape index (κ3) is 3.39. The number of nitrogens with zero attached hydrogens (tertiary/aromatic N) is 2. The number of aliphatic hydroxyl groups is 1. The summed E-state index contributed by atoms with van der Waals surface area (Å²) >= 11 is 0. The highest BCUT2D eigenvalue weighted by atomic mass is 16.5. The van der Waals surface area contributed by atoms with Crippen LogP contribution >= 0.6 is 0 Å². The summed E-state index contributed by atoms with van der Waals surface area (Å²) in [5, 5.41) is 17.5. The minimum atomic E-state index is -0.594. The maximum Gasteiger partial charge on any atom is 0.240 e. The molecule has 0 aliphatic carbocycles. The van der Waals surface area contributed by atoms with Crippen LogP contribution in [-0.4, -0.2) is 35.6 Å². The molecule has 1 atom stereocenters. The third-order valence-corrected chi connectivity index (χ3v) is 4.85. The van der Waals surface area contributed by atoms with Crippen molar-refractivity contribution in [2.45, 2.75) is 18.5 Å². The molecule has 0 amide bonds. The van der Waals surface area contributed by atoms with Crippen molar-refractivity contribution in [1.29, 1.82) is 0 Å². The summed E-state index contributed by atoms with van der Waals surface area (Å²) in [6.07, 6.45) is 0.653. The summed E-state index contributed by atoms with van der Waals surface area (Å²) in [5.74, 6) is 2.53. The van der Waals surface area contributed by atoms with Gasteiger partial charge in [0.2, 0.25) is 11.7 Å². The van der Waals surface area contributed by atoms with Gasteiger partial charge in [0.15, 0.2) is 0 Å². The van der Waals surface area contributed by atoms with Gasteiger partial charge in [-0.2, -0.15) is 4.98 Å². The van der Waals surface area contributed by atoms with Gasteiger partial charge in [-0.1, -0.05) is 23.4 Å². The first-order valence-electron chi connectivity index (χ1n) is 8.79. The van der Waals surface area contributed by atoms with Crippen LogP contribution in [0.15, 0.2) is 53.1 Å². The van der Waals surface area contributed by atoms with Crippen molar-refractivity contribution >= 4 is 0 Å². The number of aliphatic hydroxyl groups excluding tert-OH is 1. The second-order valence-corrected chi connectivity index (χ2v) is 6.43. The quantitative estimate of drug-likeness (QED) is 0.692. The van der Waals surface area contributed by atoms with Crippen LogP contribution in [0.3, 0.4) is 0 Å². The molecule has 0 spiro atoms. The van der Waals surface area contributed by atoms with Gasteiger partial charge in [0.1, 0.15) is 11.5 Å². The molecule has 2 aromatic carbocycles. The summed E-state index contributed by atoms with van der Waals surface area (Å²) in [4.78, 5) is 4.45. The second-order valence-electron chi connectivity index (χ2n) is 6.43. The van der Waals surface area contributed by atoms with E-state index in [4.69, 9.17) is 14.0 Å². The van der Waals surface area contributed by atoms with E-state index in [1.807, 2.05) is 48.5 Å². The van der Waals surface area contributed by atoms with Gasteiger partial charge in [-0.25, -0.2) is 0 Å². The molecule has 1 aliphatic heterocycles. The van der Waals surface area contributed by atoms with Gasteiger partial charge < -0.3 is 19.1 Å². The zero-order valence-electron chi connectivity index (χ0n) is 15.0. The van der Waals surface area contributed by atoms with Crippen molar-refractivity contribution in [3.05, 3.63) is 60.0 Å². The van der Waals surface area contributed by atoms with E-state index in [0.29, 0.717) is 31.3 Å². The summed E-state index contributed by atoms with van der Waals surface area (Å²) < 4.78 is 16.2. The number of nitrogens with one attached hydrogen (secondary N) is 1. The van der Waals surface area contributed by atoms with Crippen molar-refractivity contribution in [3.63, 3.8) is 0 Å². The normalized spacial score (nSPS) is 18.6. The van der Waals surface area contributed by atoms with Crippen LogP contribution in [-0.2, 0) is 12.1 Å². The Labute approximate surface area is 156 Å². The molecule has 3 aromatic rings. The van der Waals surface area contributed by atoms with Gasteiger partial charge in [-0.05, 0) is 30.3 Å². The Kier molecular flexibility index (Phi) is 4.79. The molecule has 0 bridgehead atoms. The highest BCUT2D eigenvalue weighted by Gasteiger charge is 2.37. The lowest BCUT2D eigenvalue weighted by atomic mass is 9.85. The third-order valence-electron chi connectivity index (χ3n) is 4.85. The van der Waals surface area contributed by atoms with Crippen LogP contribution in [0, 0.1) is 0 Å². The van der Waals surface area contributed by atoms with E-state index >= 15 is 0 Å². The molecule has 0 unspecified atom stereocenters. The summed E-state index contributed by atoms with van der Waals surface area (Å²) in [6, 6.07) is 15.2. The largest absolute Gasteiger partial charge is 0.497 e. The fraction of sp³-hybridized carbons (Fsp3) is 0.300. The average molecular weight is 367 g/mol. The van der Waals surface area contributed by atoms with Gasteiger partial charge in [-0.3, -0.25) is 5.32 Å². The predicted octanol–water partition coefficient (Wildman–Crippen LogP) is 2.51. The molecule has 1 aliphatic rings. The van der Waals surface area contributed by atoms with Crippen LogP contribution < -0.4 is 14.8 Å². The van der Waals surface area contributed by atoms with E-state index in [9.17, 15) is 5.11 Å². The summed E-state index contributed by atoms with van der Waals surface area (Å²) in [5.41, 5.74) is 1.19. The molecule has 2 heterocycles. The lowest BCUT2D eigenvalue weighted by molar-refractivity contribution is 0.103. The number of hydrogen-bond donors (Lipinski definition) is 2. The van der Waals surface area contributed by atoms with Crippen LogP contribution in [0.1, 0.15) is 17.9 Å². The Morgan fingerprint density at radius 3 is 2.78 bits per heavy atom. The highest BCUT2D eigenvalue weighted by molar-refractivity contribution is 5.55. The van der Waals surface area contributed by atoms with E-state index in [1.165, 1.54) is 0 Å². The van der Waals surface area contributed by atoms with E-state index in [0.717, 1.165) is 22.6 Å². The SMILES string of the molecule is COc1ccc(-c2noc(CN[C@@]3(CO)CCOc4ccccc43)n2)cc1. The van der Waals surface area contributed by atoms with Crippen LogP contribution in [0.25, 0.3) is 11.4 Å². The molecule has 7 heteroatoms. The molecule has 7 nitrogen and oxygen atoms in total. The Morgan fingerprint density at radius 1 is 1.19 bits per heavy atom. The fourth-order valence-corrected chi connectivity index (χ4v) is 3.29. The molecule has 2 N–H and O–H groups in total. The van der Waals surface area contributed by atoms with E-state index in [-0.39, 0.29) is 6.61 Å². The molecular weight excluding hydrogens is 346 g/mol. The van der Waals surface area contributed by atoms with E-state index in [1.54, 1.807) is 7.11 Å². The van der Waals surface area contributed by atoms with E-state index in [2.05, 4.69) is 15.5 Å². The van der Waals surface area contributed by atoms with Gasteiger partial charge in [0, 0.05) is 17.5 Å². The van der Waals surface area contributed by atoms with Crippen LogP contribution in [0.5, 0.6) is 11.5 Å². The molecule has 0 radical (unpaired) electrons. The zero-order chi connectivity index (χ0) is 18.7. The number of hydrogen-bond acceptors (Lipinski definition) is 7. The summed E-state index contributed by atoms with van der Waals surface area (Å²) in [6.45, 7) is 0.830. The molecule has 1 aromatic heterocycles. The lowest BCUT2D eigenvalue weighted by Crippen LogP contribution is -2.48. The van der Waals surface area contributed by atoms with Gasteiger partial charge >= 0.3 is 0 Å². The zero-order valence-corrected chi connectivity index (χ0v) is 15.0. The number of ether oxygens (including phenoxy) is 2. The predicted molar refractivity (Wildman–Crippen MR) is 98.4 cm³/mol. The number of para-hydroxylation sites is 1. The minimum Gasteiger partial charge on any atom is -0.497 e. The Hall–Kier alpha value is -2.90. The van der Waals surface area contributed by atoms with Gasteiger partial charge in [0.05, 0.1) is 32.4 Å². The monoisotopic (exact) mass is 367 g/mol. The topological polar surface area (TPSA) is 89.6 Å². The fourth-order valence-electron chi connectivity index (χ4n) is 3.29. The van der Waals surface area contributed by atoms with Gasteiger partial charge in [0.25, 0.3) is 0 Å². The number of fused-ring (bicyclic) bond motifs is 1. The molecule has 0 fully saturated rings. The van der Waals surface area contributed by atoms with Crippen LogP contribution in [0.4, 0.5) is 0 Å². The lowest BCUT2D eigenvalue weighted by Gasteiger charge is -2.38. The highest BCUT2D eigenvalue weighted by Crippen LogP contribution is 2.36. The molecule has 4 rings (SSSR count). The van der Waals surface area contributed by atoms with Crippen molar-refractivity contribution < 1.29 is 19.1 Å². The molecule has 0 saturated carbocycles. The first-order valence-corrected chi connectivity index (χ1v) is 8.79. The molecule has 0 saturated heterocycles. The molecule has 27 heavy (non-hydrogen) atoms. The Bertz CT molecular complexity index is 910. The standard InChI is InChI=1S/C20H21N3O4/c1-25-15-8-6-14(7-9-15)19-22-18(27-23-19)12-21-20(13-24)10-11-26-17-5-3-2-4-16(17)20/h2-9,21,24H,10-13H2,1H3/t20-/m1/s1. The molecular formula is C20H21N3O4. The first-order chi connectivity index (χ1) is 13.2. The van der Waals surface area contributed by atoms with Gasteiger partial charge in [-0.15, -0.1) is 0 Å². The average Bonchev–Trinajstić information content (AvgIpc) is 3.21. The van der Waals surface area contributed by atoms with Crippen molar-refractivity contribution in [2.24, 2.45) is 0 Å². The maximum absolute atomic E-state index is 10.1.